The Hall–Kier alpha value is -3.44. The summed E-state index contributed by atoms with van der Waals surface area (Å²) < 4.78 is 19.5. The van der Waals surface area contributed by atoms with Crippen LogP contribution in [0.2, 0.25) is 0 Å². The van der Waals surface area contributed by atoms with Crippen molar-refractivity contribution >= 4 is 38.5 Å². The van der Waals surface area contributed by atoms with E-state index in [9.17, 15) is 9.18 Å². The Morgan fingerprint density at radius 1 is 1.11 bits per heavy atom. The third-order valence-corrected chi connectivity index (χ3v) is 7.13. The first-order valence-electron chi connectivity index (χ1n) is 11.5. The molecule has 0 aliphatic heterocycles. The Bertz CT molecular complexity index is 1330. The number of fused-ring (bicyclic) bond motifs is 1. The molecule has 0 saturated heterocycles. The third-order valence-electron chi connectivity index (χ3n) is 6.36. The zero-order valence-corrected chi connectivity index (χ0v) is 20.2. The van der Waals surface area contributed by atoms with Gasteiger partial charge in [-0.05, 0) is 50.8 Å². The number of aryl methyl sites for hydroxylation is 1. The fourth-order valence-electron chi connectivity index (χ4n) is 4.52. The molecule has 1 amide bonds. The average molecular weight is 496 g/mol. The molecule has 35 heavy (non-hydrogen) atoms. The third kappa shape index (κ3) is 5.15. The van der Waals surface area contributed by atoms with E-state index in [0.29, 0.717) is 16.2 Å². The van der Waals surface area contributed by atoms with Crippen molar-refractivity contribution in [2.45, 2.75) is 50.7 Å². The van der Waals surface area contributed by atoms with Crippen LogP contribution in [0.5, 0.6) is 0 Å². The second-order valence-electron chi connectivity index (χ2n) is 8.79. The molecule has 1 saturated carbocycles. The molecule has 1 aliphatic rings. The summed E-state index contributed by atoms with van der Waals surface area (Å²) in [6, 6.07) is 8.98. The fourth-order valence-corrected chi connectivity index (χ4v) is 5.25. The normalized spacial score (nSPS) is 18.9. The largest absolute Gasteiger partial charge is 0.367 e. The van der Waals surface area contributed by atoms with Gasteiger partial charge in [0.05, 0.1) is 5.69 Å². The summed E-state index contributed by atoms with van der Waals surface area (Å²) in [5.74, 6) is -0.607. The van der Waals surface area contributed by atoms with Gasteiger partial charge in [0.25, 0.3) is 5.91 Å². The minimum Gasteiger partial charge on any atom is -0.367 e. The van der Waals surface area contributed by atoms with E-state index >= 15 is 0 Å². The SMILES string of the molecule is COC(C(=O)Nc1nnc(NC2CCC(c3cc4cc[nH]c4nn3)CC2)s1)c1cc(C)ccc1F. The van der Waals surface area contributed by atoms with Gasteiger partial charge in [0, 0.05) is 36.2 Å². The molecule has 1 fully saturated rings. The number of nitrogens with zero attached hydrogens (tertiary/aromatic N) is 4. The number of ether oxygens (including phenoxy) is 1. The number of anilines is 2. The van der Waals surface area contributed by atoms with Gasteiger partial charge in [-0.2, -0.15) is 5.10 Å². The lowest BCUT2D eigenvalue weighted by Gasteiger charge is -2.28. The van der Waals surface area contributed by atoms with Gasteiger partial charge < -0.3 is 15.0 Å². The van der Waals surface area contributed by atoms with Gasteiger partial charge in [-0.25, -0.2) is 4.39 Å². The van der Waals surface area contributed by atoms with Crippen LogP contribution in [-0.2, 0) is 9.53 Å². The first kappa shape index (κ1) is 23.3. The van der Waals surface area contributed by atoms with Gasteiger partial charge in [0.1, 0.15) is 5.82 Å². The average Bonchev–Trinajstić information content (AvgIpc) is 3.51. The number of nitrogens with one attached hydrogen (secondary N) is 3. The van der Waals surface area contributed by atoms with Crippen molar-refractivity contribution in [3.05, 3.63) is 59.2 Å². The molecule has 9 nitrogen and oxygen atoms in total. The Balaban J connectivity index is 1.16. The predicted molar refractivity (Wildman–Crippen MR) is 132 cm³/mol. The van der Waals surface area contributed by atoms with E-state index in [-0.39, 0.29) is 11.6 Å². The van der Waals surface area contributed by atoms with Crippen molar-refractivity contribution in [2.24, 2.45) is 0 Å². The molecule has 4 aromatic rings. The maximum Gasteiger partial charge on any atom is 0.260 e. The molecule has 0 bridgehead atoms. The highest BCUT2D eigenvalue weighted by Gasteiger charge is 2.26. The minimum atomic E-state index is -1.08. The molecule has 1 aliphatic carbocycles. The van der Waals surface area contributed by atoms with Gasteiger partial charge in [-0.3, -0.25) is 10.1 Å². The zero-order chi connectivity index (χ0) is 24.4. The lowest BCUT2D eigenvalue weighted by molar-refractivity contribution is -0.126. The number of benzene rings is 1. The molecule has 1 aromatic carbocycles. The smallest absolute Gasteiger partial charge is 0.260 e. The summed E-state index contributed by atoms with van der Waals surface area (Å²) in [4.78, 5) is 15.8. The van der Waals surface area contributed by atoms with E-state index in [2.05, 4.69) is 42.1 Å². The number of halogens is 1. The molecule has 1 unspecified atom stereocenters. The first-order valence-corrected chi connectivity index (χ1v) is 12.3. The van der Waals surface area contributed by atoms with Crippen LogP contribution in [0.4, 0.5) is 14.7 Å². The zero-order valence-electron chi connectivity index (χ0n) is 19.4. The summed E-state index contributed by atoms with van der Waals surface area (Å²) in [5, 5.41) is 25.1. The molecular weight excluding hydrogens is 469 g/mol. The Labute approximate surface area is 205 Å². The van der Waals surface area contributed by atoms with Crippen molar-refractivity contribution in [3.8, 4) is 0 Å². The molecule has 5 rings (SSSR count). The van der Waals surface area contributed by atoms with Gasteiger partial charge >= 0.3 is 0 Å². The predicted octanol–water partition coefficient (Wildman–Crippen LogP) is 4.72. The van der Waals surface area contributed by atoms with E-state index in [0.717, 1.165) is 48.0 Å². The van der Waals surface area contributed by atoms with E-state index in [4.69, 9.17) is 4.74 Å². The van der Waals surface area contributed by atoms with Gasteiger partial charge in [-0.15, -0.1) is 15.3 Å². The fraction of sp³-hybridized carbons (Fsp3) is 0.375. The van der Waals surface area contributed by atoms with E-state index in [1.165, 1.54) is 24.5 Å². The van der Waals surface area contributed by atoms with E-state index in [1.54, 1.807) is 12.1 Å². The van der Waals surface area contributed by atoms with Crippen molar-refractivity contribution in [1.82, 2.24) is 25.4 Å². The van der Waals surface area contributed by atoms with Crippen LogP contribution < -0.4 is 10.6 Å². The second kappa shape index (κ2) is 10.0. The summed E-state index contributed by atoms with van der Waals surface area (Å²) in [6.45, 7) is 1.83. The number of hydrogen-bond acceptors (Lipinski definition) is 8. The molecule has 1 atom stereocenters. The van der Waals surface area contributed by atoms with Crippen LogP contribution >= 0.6 is 11.3 Å². The molecule has 0 spiro atoms. The molecule has 11 heteroatoms. The van der Waals surface area contributed by atoms with Crippen LogP contribution in [0.25, 0.3) is 11.0 Å². The molecular formula is C24H26FN7O2S. The maximum atomic E-state index is 14.3. The van der Waals surface area contributed by atoms with Crippen molar-refractivity contribution in [3.63, 3.8) is 0 Å². The number of methoxy groups -OCH3 is 1. The lowest BCUT2D eigenvalue weighted by Crippen LogP contribution is -2.25. The lowest BCUT2D eigenvalue weighted by atomic mass is 9.84. The van der Waals surface area contributed by atoms with Gasteiger partial charge in [0.15, 0.2) is 11.8 Å². The first-order chi connectivity index (χ1) is 17.0. The van der Waals surface area contributed by atoms with Gasteiger partial charge in [0.2, 0.25) is 10.3 Å². The number of carbonyl (C=O) groups is 1. The number of carbonyl (C=O) groups excluding carboxylic acids is 1. The molecule has 3 aromatic heterocycles. The number of amides is 1. The van der Waals surface area contributed by atoms with Crippen LogP contribution in [0, 0.1) is 12.7 Å². The van der Waals surface area contributed by atoms with Crippen LogP contribution in [-0.4, -0.2) is 44.4 Å². The molecule has 3 heterocycles. The Morgan fingerprint density at radius 3 is 2.71 bits per heavy atom. The van der Waals surface area contributed by atoms with Crippen LogP contribution in [0.1, 0.15) is 54.5 Å². The van der Waals surface area contributed by atoms with Crippen molar-refractivity contribution in [1.29, 1.82) is 0 Å². The number of aromatic nitrogens is 5. The monoisotopic (exact) mass is 495 g/mol. The number of hydrogen-bond donors (Lipinski definition) is 3. The highest BCUT2D eigenvalue weighted by Crippen LogP contribution is 2.34. The highest BCUT2D eigenvalue weighted by molar-refractivity contribution is 7.19. The summed E-state index contributed by atoms with van der Waals surface area (Å²) in [6.07, 6.45) is 4.73. The molecule has 0 radical (unpaired) electrons. The quantitative estimate of drug-likeness (QED) is 0.339. The minimum absolute atomic E-state index is 0.185. The number of aromatic amines is 1. The van der Waals surface area contributed by atoms with Crippen molar-refractivity contribution in [2.75, 3.05) is 17.7 Å². The van der Waals surface area contributed by atoms with E-state index < -0.39 is 17.8 Å². The topological polar surface area (TPSA) is 118 Å². The molecule has 182 valence electrons. The summed E-state index contributed by atoms with van der Waals surface area (Å²) in [5.41, 5.74) is 2.87. The van der Waals surface area contributed by atoms with Crippen molar-refractivity contribution < 1.29 is 13.9 Å². The standard InChI is InChI=1S/C24H26FN7O2S/c1-13-3-8-18(25)17(11-13)20(34-2)22(33)28-24-32-31-23(35-24)27-16-6-4-14(5-7-16)19-12-15-9-10-26-21(15)30-29-19/h3,8-12,14,16,20H,4-7H2,1-2H3,(H,26,30)(H,27,31)(H,28,32,33). The summed E-state index contributed by atoms with van der Waals surface area (Å²) >= 11 is 1.24. The number of H-pyrrole nitrogens is 1. The summed E-state index contributed by atoms with van der Waals surface area (Å²) in [7, 11) is 1.37. The Morgan fingerprint density at radius 2 is 1.91 bits per heavy atom. The van der Waals surface area contributed by atoms with Gasteiger partial charge in [-0.1, -0.05) is 29.0 Å². The number of rotatable bonds is 7. The Kier molecular flexibility index (Phi) is 6.69. The highest BCUT2D eigenvalue weighted by atomic mass is 32.1. The van der Waals surface area contributed by atoms with Crippen LogP contribution in [0.3, 0.4) is 0 Å². The second-order valence-corrected chi connectivity index (χ2v) is 9.76. The van der Waals surface area contributed by atoms with E-state index in [1.807, 2.05) is 19.2 Å². The molecule has 3 N–H and O–H groups in total. The van der Waals surface area contributed by atoms with Crippen LogP contribution in [0.15, 0.2) is 36.5 Å². The maximum absolute atomic E-state index is 14.3.